The van der Waals surface area contributed by atoms with Gasteiger partial charge in [-0.15, -0.1) is 0 Å². The first-order valence-electron chi connectivity index (χ1n) is 3.60. The highest BCUT2D eigenvalue weighted by Crippen LogP contribution is 2.18. The van der Waals surface area contributed by atoms with Gasteiger partial charge in [-0.3, -0.25) is 0 Å². The highest BCUT2D eigenvalue weighted by atomic mass is 19.3. The van der Waals surface area contributed by atoms with Crippen LogP contribution in [0.2, 0.25) is 0 Å². The lowest BCUT2D eigenvalue weighted by atomic mass is 10.1. The zero-order chi connectivity index (χ0) is 9.19. The summed E-state index contributed by atoms with van der Waals surface area (Å²) in [5, 5.41) is 0. The molecule has 0 aliphatic heterocycles. The number of hydrogen-bond acceptors (Lipinski definition) is 0. The molecule has 0 radical (unpaired) electrons. The molecule has 12 heavy (non-hydrogen) atoms. The summed E-state index contributed by atoms with van der Waals surface area (Å²) < 4.78 is 37.2. The van der Waals surface area contributed by atoms with E-state index in [-0.39, 0.29) is 6.42 Å². The summed E-state index contributed by atoms with van der Waals surface area (Å²) in [6.45, 7) is 0.844. The van der Waals surface area contributed by atoms with Crippen LogP contribution in [0.15, 0.2) is 24.3 Å². The van der Waals surface area contributed by atoms with Gasteiger partial charge < -0.3 is 0 Å². The number of hydrogen-bond donors (Lipinski definition) is 0. The predicted octanol–water partition coefficient (Wildman–Crippen LogP) is 3.02. The fourth-order valence-electron chi connectivity index (χ4n) is 0.961. The third-order valence-corrected chi connectivity index (χ3v) is 1.43. The predicted molar refractivity (Wildman–Crippen MR) is 40.7 cm³/mol. The molecule has 66 valence electrons. The van der Waals surface area contributed by atoms with E-state index in [1.807, 2.05) is 0 Å². The Morgan fingerprint density at radius 1 is 1.17 bits per heavy atom. The number of rotatable bonds is 2. The maximum absolute atomic E-state index is 12.4. The second kappa shape index (κ2) is 3.17. The minimum Gasteiger partial charge on any atom is -0.207 e. The Morgan fingerprint density at radius 2 is 1.67 bits per heavy atom. The van der Waals surface area contributed by atoms with E-state index in [9.17, 15) is 13.2 Å². The van der Waals surface area contributed by atoms with Crippen molar-refractivity contribution in [2.24, 2.45) is 0 Å². The van der Waals surface area contributed by atoms with Gasteiger partial charge in [-0.25, -0.2) is 13.2 Å². The molecule has 0 nitrogen and oxygen atoms in total. The fourth-order valence-corrected chi connectivity index (χ4v) is 0.961. The average molecular weight is 174 g/mol. The van der Waals surface area contributed by atoms with E-state index in [1.54, 1.807) is 0 Å². The molecule has 0 N–H and O–H groups in total. The van der Waals surface area contributed by atoms with Gasteiger partial charge in [0.25, 0.3) is 0 Å². The minimum atomic E-state index is -2.72. The van der Waals surface area contributed by atoms with Crippen molar-refractivity contribution in [2.75, 3.05) is 0 Å². The van der Waals surface area contributed by atoms with Crippen LogP contribution in [0.5, 0.6) is 0 Å². The van der Waals surface area contributed by atoms with Crippen LogP contribution in [0, 0.1) is 5.82 Å². The lowest BCUT2D eigenvalue weighted by Gasteiger charge is -2.09. The standard InChI is InChI=1S/C9H9F3/c1-9(11,12)6-7-2-4-8(10)5-3-7/h2-5H,6H2,1H3. The van der Waals surface area contributed by atoms with Crippen molar-refractivity contribution in [2.45, 2.75) is 19.3 Å². The van der Waals surface area contributed by atoms with Crippen molar-refractivity contribution in [1.82, 2.24) is 0 Å². The molecule has 3 heteroatoms. The topological polar surface area (TPSA) is 0 Å². The molecule has 0 spiro atoms. The fraction of sp³-hybridized carbons (Fsp3) is 0.333. The van der Waals surface area contributed by atoms with E-state index >= 15 is 0 Å². The third kappa shape index (κ3) is 2.95. The summed E-state index contributed by atoms with van der Waals surface area (Å²) in [7, 11) is 0. The summed E-state index contributed by atoms with van der Waals surface area (Å²) in [5.41, 5.74) is 0.448. The van der Waals surface area contributed by atoms with Crippen molar-refractivity contribution in [1.29, 1.82) is 0 Å². The normalized spacial score (nSPS) is 11.7. The smallest absolute Gasteiger partial charge is 0.207 e. The van der Waals surface area contributed by atoms with Crippen LogP contribution in [0.25, 0.3) is 0 Å². The molecule has 0 heterocycles. The molecule has 0 bridgehead atoms. The average Bonchev–Trinajstić information content (AvgIpc) is 1.91. The summed E-state index contributed by atoms with van der Waals surface area (Å²) in [6.07, 6.45) is -0.340. The molecule has 0 aliphatic carbocycles. The van der Waals surface area contributed by atoms with Crippen molar-refractivity contribution in [3.05, 3.63) is 35.6 Å². The largest absolute Gasteiger partial charge is 0.249 e. The first-order chi connectivity index (χ1) is 5.47. The van der Waals surface area contributed by atoms with E-state index in [2.05, 4.69) is 0 Å². The van der Waals surface area contributed by atoms with E-state index < -0.39 is 11.7 Å². The maximum atomic E-state index is 12.4. The summed E-state index contributed by atoms with van der Waals surface area (Å²) >= 11 is 0. The van der Waals surface area contributed by atoms with E-state index in [0.717, 1.165) is 6.92 Å². The molecule has 0 aromatic heterocycles. The van der Waals surface area contributed by atoms with Gasteiger partial charge in [0.1, 0.15) is 5.82 Å². The zero-order valence-electron chi connectivity index (χ0n) is 6.65. The Kier molecular flexibility index (Phi) is 2.40. The Balaban J connectivity index is 2.71. The monoisotopic (exact) mass is 174 g/mol. The molecular weight excluding hydrogens is 165 g/mol. The van der Waals surface area contributed by atoms with Crippen LogP contribution in [-0.4, -0.2) is 5.92 Å². The molecule has 0 amide bonds. The first kappa shape index (κ1) is 9.10. The third-order valence-electron chi connectivity index (χ3n) is 1.43. The lowest BCUT2D eigenvalue weighted by molar-refractivity contribution is 0.0226. The van der Waals surface area contributed by atoms with Gasteiger partial charge in [-0.2, -0.15) is 0 Å². The van der Waals surface area contributed by atoms with Gasteiger partial charge in [-0.1, -0.05) is 12.1 Å². The molecule has 0 atom stereocenters. The quantitative estimate of drug-likeness (QED) is 0.646. The van der Waals surface area contributed by atoms with E-state index in [1.165, 1.54) is 24.3 Å². The van der Waals surface area contributed by atoms with E-state index in [0.29, 0.717) is 5.56 Å². The molecule has 0 saturated carbocycles. The summed E-state index contributed by atoms with van der Waals surface area (Å²) in [4.78, 5) is 0. The molecule has 0 saturated heterocycles. The second-order valence-corrected chi connectivity index (χ2v) is 2.87. The highest BCUT2D eigenvalue weighted by Gasteiger charge is 2.21. The molecule has 0 unspecified atom stereocenters. The minimum absolute atomic E-state index is 0.340. The molecule has 0 fully saturated rings. The number of alkyl halides is 2. The van der Waals surface area contributed by atoms with E-state index in [4.69, 9.17) is 0 Å². The molecular formula is C9H9F3. The van der Waals surface area contributed by atoms with Gasteiger partial charge in [0, 0.05) is 6.42 Å². The Bertz CT molecular complexity index is 245. The SMILES string of the molecule is CC(F)(F)Cc1ccc(F)cc1. The van der Waals surface area contributed by atoms with Gasteiger partial charge in [0.05, 0.1) is 0 Å². The lowest BCUT2D eigenvalue weighted by Crippen LogP contribution is -2.13. The number of halogens is 3. The molecule has 1 aromatic rings. The molecule has 1 rings (SSSR count). The first-order valence-corrected chi connectivity index (χ1v) is 3.60. The van der Waals surface area contributed by atoms with Gasteiger partial charge >= 0.3 is 0 Å². The summed E-state index contributed by atoms with van der Waals surface area (Å²) in [6, 6.07) is 5.10. The Labute approximate surface area is 69.0 Å². The highest BCUT2D eigenvalue weighted by molar-refractivity contribution is 5.17. The van der Waals surface area contributed by atoms with Gasteiger partial charge in [0.15, 0.2) is 0 Å². The zero-order valence-corrected chi connectivity index (χ0v) is 6.65. The van der Waals surface area contributed by atoms with Crippen LogP contribution in [0.3, 0.4) is 0 Å². The number of benzene rings is 1. The van der Waals surface area contributed by atoms with Crippen LogP contribution in [0.4, 0.5) is 13.2 Å². The van der Waals surface area contributed by atoms with Crippen molar-refractivity contribution in [3.63, 3.8) is 0 Å². The molecule has 1 aromatic carbocycles. The van der Waals surface area contributed by atoms with Gasteiger partial charge in [-0.05, 0) is 24.6 Å². The summed E-state index contributed by atoms with van der Waals surface area (Å²) in [5.74, 6) is -3.13. The van der Waals surface area contributed by atoms with Crippen LogP contribution < -0.4 is 0 Å². The van der Waals surface area contributed by atoms with Crippen molar-refractivity contribution < 1.29 is 13.2 Å². The Hall–Kier alpha value is -0.990. The Morgan fingerprint density at radius 3 is 2.08 bits per heavy atom. The van der Waals surface area contributed by atoms with Crippen LogP contribution >= 0.6 is 0 Å². The van der Waals surface area contributed by atoms with Crippen LogP contribution in [-0.2, 0) is 6.42 Å². The second-order valence-electron chi connectivity index (χ2n) is 2.87. The maximum Gasteiger partial charge on any atom is 0.249 e. The van der Waals surface area contributed by atoms with Crippen LogP contribution in [0.1, 0.15) is 12.5 Å². The molecule has 0 aliphatic rings. The van der Waals surface area contributed by atoms with Crippen molar-refractivity contribution >= 4 is 0 Å². The van der Waals surface area contributed by atoms with Gasteiger partial charge in [0.2, 0.25) is 5.92 Å². The van der Waals surface area contributed by atoms with Crippen molar-refractivity contribution in [3.8, 4) is 0 Å².